The molecular weight excluding hydrogens is 308 g/mol. The van der Waals surface area contributed by atoms with E-state index in [4.69, 9.17) is 26.8 Å². The van der Waals surface area contributed by atoms with Gasteiger partial charge in [-0.3, -0.25) is 9.48 Å². The van der Waals surface area contributed by atoms with Gasteiger partial charge in [-0.15, -0.1) is 0 Å². The second-order valence-electron chi connectivity index (χ2n) is 4.48. The zero-order chi connectivity index (χ0) is 16.1. The van der Waals surface area contributed by atoms with Crippen molar-refractivity contribution in [1.82, 2.24) is 9.78 Å². The molecule has 8 heteroatoms. The van der Waals surface area contributed by atoms with Crippen LogP contribution in [0.4, 0.5) is 11.5 Å². The van der Waals surface area contributed by atoms with E-state index in [-0.39, 0.29) is 16.5 Å². The van der Waals surface area contributed by atoms with Crippen LogP contribution in [0.15, 0.2) is 24.4 Å². The first-order valence-corrected chi connectivity index (χ1v) is 6.89. The number of anilines is 2. The maximum atomic E-state index is 12.3. The zero-order valence-corrected chi connectivity index (χ0v) is 13.1. The monoisotopic (exact) mass is 324 g/mol. The molecule has 0 radical (unpaired) electrons. The number of amides is 1. The van der Waals surface area contributed by atoms with Crippen LogP contribution in [0.25, 0.3) is 0 Å². The maximum Gasteiger partial charge on any atom is 0.260 e. The van der Waals surface area contributed by atoms with Gasteiger partial charge in [0.15, 0.2) is 5.82 Å². The van der Waals surface area contributed by atoms with Gasteiger partial charge >= 0.3 is 0 Å². The van der Waals surface area contributed by atoms with E-state index < -0.39 is 0 Å². The van der Waals surface area contributed by atoms with Crippen LogP contribution in [0.3, 0.4) is 0 Å². The molecule has 0 aliphatic rings. The van der Waals surface area contributed by atoms with Crippen molar-refractivity contribution in [2.75, 3.05) is 31.9 Å². The highest BCUT2D eigenvalue weighted by atomic mass is 35.5. The van der Waals surface area contributed by atoms with Gasteiger partial charge < -0.3 is 20.5 Å². The number of rotatable bonds is 6. The minimum atomic E-state index is -0.379. The van der Waals surface area contributed by atoms with Gasteiger partial charge in [-0.05, 0) is 6.07 Å². The molecule has 2 aromatic rings. The summed E-state index contributed by atoms with van der Waals surface area (Å²) < 4.78 is 11.8. The highest BCUT2D eigenvalue weighted by molar-refractivity contribution is 6.33. The van der Waals surface area contributed by atoms with Crippen LogP contribution in [-0.2, 0) is 11.3 Å². The number of nitrogens with zero attached hydrogens (tertiary/aromatic N) is 2. The van der Waals surface area contributed by atoms with Crippen LogP contribution < -0.4 is 15.8 Å². The minimum Gasteiger partial charge on any atom is -0.496 e. The SMILES string of the molecule is COCCn1ccc(NC(=O)c2cc(Cl)c(N)cc2OC)n1. The summed E-state index contributed by atoms with van der Waals surface area (Å²) in [6.07, 6.45) is 1.75. The van der Waals surface area contributed by atoms with Crippen LogP contribution >= 0.6 is 11.6 Å². The van der Waals surface area contributed by atoms with E-state index >= 15 is 0 Å². The molecule has 0 aliphatic heterocycles. The van der Waals surface area contributed by atoms with Crippen LogP contribution in [0, 0.1) is 0 Å². The average molecular weight is 325 g/mol. The number of nitrogens with two attached hydrogens (primary N) is 1. The Labute approximate surface area is 133 Å². The van der Waals surface area contributed by atoms with Gasteiger partial charge in [0.1, 0.15) is 5.75 Å². The first-order chi connectivity index (χ1) is 10.5. The fraction of sp³-hybridized carbons (Fsp3) is 0.286. The summed E-state index contributed by atoms with van der Waals surface area (Å²) in [5.41, 5.74) is 6.33. The summed E-state index contributed by atoms with van der Waals surface area (Å²) in [5.74, 6) is 0.394. The molecule has 1 aromatic heterocycles. The molecule has 3 N–H and O–H groups in total. The number of ether oxygens (including phenoxy) is 2. The fourth-order valence-corrected chi connectivity index (χ4v) is 2.00. The Bertz CT molecular complexity index is 672. The predicted molar refractivity (Wildman–Crippen MR) is 84.5 cm³/mol. The first kappa shape index (κ1) is 16.1. The topological polar surface area (TPSA) is 91.4 Å². The molecule has 2 rings (SSSR count). The number of carbonyl (C=O) groups excluding carboxylic acids is 1. The van der Waals surface area contributed by atoms with E-state index in [0.29, 0.717) is 30.4 Å². The van der Waals surface area contributed by atoms with Gasteiger partial charge in [-0.25, -0.2) is 0 Å². The third-order valence-electron chi connectivity index (χ3n) is 2.97. The highest BCUT2D eigenvalue weighted by Gasteiger charge is 2.16. The Morgan fingerprint density at radius 3 is 2.91 bits per heavy atom. The van der Waals surface area contributed by atoms with Crippen molar-refractivity contribution in [2.24, 2.45) is 0 Å². The van der Waals surface area contributed by atoms with Gasteiger partial charge in [0.05, 0.1) is 36.5 Å². The van der Waals surface area contributed by atoms with Crippen molar-refractivity contribution in [3.8, 4) is 5.75 Å². The Morgan fingerprint density at radius 1 is 1.45 bits per heavy atom. The van der Waals surface area contributed by atoms with Crippen molar-refractivity contribution in [3.63, 3.8) is 0 Å². The molecule has 7 nitrogen and oxygen atoms in total. The molecule has 0 bridgehead atoms. The highest BCUT2D eigenvalue weighted by Crippen LogP contribution is 2.29. The molecule has 22 heavy (non-hydrogen) atoms. The molecule has 0 fully saturated rings. The quantitative estimate of drug-likeness (QED) is 0.793. The molecule has 118 valence electrons. The second kappa shape index (κ2) is 7.15. The first-order valence-electron chi connectivity index (χ1n) is 6.52. The molecule has 1 heterocycles. The van der Waals surface area contributed by atoms with E-state index in [2.05, 4.69) is 10.4 Å². The van der Waals surface area contributed by atoms with Gasteiger partial charge in [0, 0.05) is 25.4 Å². The van der Waals surface area contributed by atoms with Gasteiger partial charge in [-0.2, -0.15) is 5.10 Å². The van der Waals surface area contributed by atoms with Crippen LogP contribution in [0.5, 0.6) is 5.75 Å². The molecule has 0 spiro atoms. The molecular formula is C14H17ClN4O3. The predicted octanol–water partition coefficient (Wildman–Crippen LogP) is 2.03. The lowest BCUT2D eigenvalue weighted by Crippen LogP contribution is -2.14. The number of hydrogen-bond acceptors (Lipinski definition) is 5. The number of benzene rings is 1. The van der Waals surface area contributed by atoms with E-state index in [1.165, 1.54) is 19.2 Å². The molecule has 1 aromatic carbocycles. The standard InChI is InChI=1S/C14H17ClN4O3/c1-21-6-5-19-4-3-13(18-19)17-14(20)9-7-10(15)11(16)8-12(9)22-2/h3-4,7-8H,5-6,16H2,1-2H3,(H,17,18,20). The third-order valence-corrected chi connectivity index (χ3v) is 3.30. The van der Waals surface area contributed by atoms with E-state index in [1.807, 2.05) is 0 Å². The van der Waals surface area contributed by atoms with Crippen LogP contribution in [0.1, 0.15) is 10.4 Å². The summed E-state index contributed by atoms with van der Waals surface area (Å²) in [6.45, 7) is 1.14. The van der Waals surface area contributed by atoms with Crippen molar-refractivity contribution in [1.29, 1.82) is 0 Å². The zero-order valence-electron chi connectivity index (χ0n) is 12.3. The van der Waals surface area contributed by atoms with Crippen molar-refractivity contribution in [2.45, 2.75) is 6.54 Å². The average Bonchev–Trinajstić information content (AvgIpc) is 2.94. The minimum absolute atomic E-state index is 0.285. The Kier molecular flexibility index (Phi) is 5.24. The maximum absolute atomic E-state index is 12.3. The van der Waals surface area contributed by atoms with Crippen LogP contribution in [0.2, 0.25) is 5.02 Å². The largest absolute Gasteiger partial charge is 0.496 e. The van der Waals surface area contributed by atoms with Crippen molar-refractivity contribution < 1.29 is 14.3 Å². The molecule has 0 atom stereocenters. The fourth-order valence-electron chi connectivity index (χ4n) is 1.84. The van der Waals surface area contributed by atoms with Crippen molar-refractivity contribution in [3.05, 3.63) is 35.0 Å². The number of hydrogen-bond donors (Lipinski definition) is 2. The summed E-state index contributed by atoms with van der Waals surface area (Å²) in [4.78, 5) is 12.3. The Morgan fingerprint density at radius 2 is 2.23 bits per heavy atom. The number of methoxy groups -OCH3 is 2. The molecule has 0 saturated heterocycles. The third kappa shape index (κ3) is 3.69. The van der Waals surface area contributed by atoms with Crippen LogP contribution in [-0.4, -0.2) is 36.5 Å². The Hall–Kier alpha value is -2.25. The van der Waals surface area contributed by atoms with Gasteiger partial charge in [0.2, 0.25) is 0 Å². The summed E-state index contributed by atoms with van der Waals surface area (Å²) in [6, 6.07) is 4.67. The Balaban J connectivity index is 2.15. The lowest BCUT2D eigenvalue weighted by molar-refractivity contribution is 0.102. The summed E-state index contributed by atoms with van der Waals surface area (Å²) in [7, 11) is 3.07. The molecule has 1 amide bonds. The van der Waals surface area contributed by atoms with E-state index in [0.717, 1.165) is 0 Å². The smallest absolute Gasteiger partial charge is 0.260 e. The molecule has 0 saturated carbocycles. The normalized spacial score (nSPS) is 10.5. The summed E-state index contributed by atoms with van der Waals surface area (Å²) in [5, 5.41) is 7.19. The van der Waals surface area contributed by atoms with E-state index in [1.54, 1.807) is 24.1 Å². The number of halogens is 1. The van der Waals surface area contributed by atoms with Gasteiger partial charge in [-0.1, -0.05) is 11.6 Å². The lowest BCUT2D eigenvalue weighted by Gasteiger charge is -2.10. The number of carbonyl (C=O) groups is 1. The number of nitrogens with one attached hydrogen (secondary N) is 1. The number of aromatic nitrogens is 2. The second-order valence-corrected chi connectivity index (χ2v) is 4.89. The summed E-state index contributed by atoms with van der Waals surface area (Å²) >= 11 is 5.96. The lowest BCUT2D eigenvalue weighted by atomic mass is 10.1. The van der Waals surface area contributed by atoms with E-state index in [9.17, 15) is 4.79 Å². The van der Waals surface area contributed by atoms with Crippen molar-refractivity contribution >= 4 is 29.0 Å². The number of nitrogen functional groups attached to an aromatic ring is 1. The molecule has 0 unspecified atom stereocenters. The molecule has 0 aliphatic carbocycles. The van der Waals surface area contributed by atoms with Gasteiger partial charge in [0.25, 0.3) is 5.91 Å².